The van der Waals surface area contributed by atoms with Gasteiger partial charge in [-0.2, -0.15) is 0 Å². The van der Waals surface area contributed by atoms with E-state index in [1.165, 1.54) is 6.26 Å². The Labute approximate surface area is 180 Å². The molecule has 0 atom stereocenters. The molecule has 2 aliphatic rings. The molecule has 2 aliphatic heterocycles. The van der Waals surface area contributed by atoms with E-state index < -0.39 is 0 Å². The van der Waals surface area contributed by atoms with Crippen molar-refractivity contribution in [2.75, 3.05) is 39.3 Å². The number of piperazine rings is 1. The maximum Gasteiger partial charge on any atom is 0.289 e. The predicted molar refractivity (Wildman–Crippen MR) is 115 cm³/mol. The van der Waals surface area contributed by atoms with Gasteiger partial charge in [0.05, 0.1) is 23.8 Å². The van der Waals surface area contributed by atoms with E-state index in [9.17, 15) is 9.59 Å². The molecule has 2 saturated heterocycles. The summed E-state index contributed by atoms with van der Waals surface area (Å²) in [6, 6.07) is 11.5. The van der Waals surface area contributed by atoms with Crippen molar-refractivity contribution < 1.29 is 14.0 Å². The molecular formula is C23H27N5O3. The number of aromatic nitrogens is 2. The number of likely N-dealkylation sites (tertiary alicyclic amines) is 1. The second-order valence-electron chi connectivity index (χ2n) is 8.35. The molecule has 162 valence electrons. The highest BCUT2D eigenvalue weighted by Gasteiger charge is 2.32. The van der Waals surface area contributed by atoms with Gasteiger partial charge in [0.25, 0.3) is 5.91 Å². The number of hydrogen-bond donors (Lipinski definition) is 1. The largest absolute Gasteiger partial charge is 0.459 e. The molecular weight excluding hydrogens is 394 g/mol. The number of nitrogens with zero attached hydrogens (tertiary/aromatic N) is 4. The van der Waals surface area contributed by atoms with Gasteiger partial charge in [-0.25, -0.2) is 4.98 Å². The van der Waals surface area contributed by atoms with Crippen molar-refractivity contribution in [3.8, 4) is 0 Å². The molecule has 4 heterocycles. The molecule has 0 unspecified atom stereocenters. The van der Waals surface area contributed by atoms with Gasteiger partial charge in [-0.1, -0.05) is 12.1 Å². The van der Waals surface area contributed by atoms with Gasteiger partial charge in [-0.05, 0) is 50.2 Å². The molecule has 0 spiro atoms. The maximum atomic E-state index is 13.0. The number of furan rings is 1. The summed E-state index contributed by atoms with van der Waals surface area (Å²) in [4.78, 5) is 39.5. The zero-order valence-electron chi connectivity index (χ0n) is 17.5. The summed E-state index contributed by atoms with van der Waals surface area (Å²) in [5, 5.41) is 0. The van der Waals surface area contributed by atoms with Crippen molar-refractivity contribution >= 4 is 22.8 Å². The third kappa shape index (κ3) is 4.20. The molecule has 8 nitrogen and oxygen atoms in total. The van der Waals surface area contributed by atoms with Crippen LogP contribution in [-0.2, 0) is 11.3 Å². The van der Waals surface area contributed by atoms with Crippen LogP contribution in [0.25, 0.3) is 11.0 Å². The summed E-state index contributed by atoms with van der Waals surface area (Å²) in [5.41, 5.74) is 2.06. The highest BCUT2D eigenvalue weighted by Crippen LogP contribution is 2.22. The number of aromatic amines is 1. The average molecular weight is 422 g/mol. The summed E-state index contributed by atoms with van der Waals surface area (Å²) in [6.45, 7) is 4.85. The number of hydrogen-bond acceptors (Lipinski definition) is 5. The number of piperidine rings is 1. The number of carbonyl (C=O) groups excluding carboxylic acids is 2. The number of nitrogens with one attached hydrogen (secondary N) is 1. The number of imidazole rings is 1. The lowest BCUT2D eigenvalue weighted by Crippen LogP contribution is -2.52. The number of fused-ring (bicyclic) bond motifs is 1. The lowest BCUT2D eigenvalue weighted by atomic mass is 9.95. The minimum atomic E-state index is -0.101. The number of amides is 2. The topological polar surface area (TPSA) is 85.7 Å². The molecule has 0 aliphatic carbocycles. The van der Waals surface area contributed by atoms with Crippen LogP contribution in [0, 0.1) is 5.92 Å². The number of para-hydroxylation sites is 2. The van der Waals surface area contributed by atoms with E-state index in [2.05, 4.69) is 14.9 Å². The van der Waals surface area contributed by atoms with Gasteiger partial charge >= 0.3 is 0 Å². The highest BCUT2D eigenvalue weighted by molar-refractivity contribution is 5.91. The van der Waals surface area contributed by atoms with E-state index in [0.717, 1.165) is 49.3 Å². The Morgan fingerprint density at radius 1 is 0.968 bits per heavy atom. The van der Waals surface area contributed by atoms with Crippen molar-refractivity contribution in [2.24, 2.45) is 5.92 Å². The van der Waals surface area contributed by atoms with Gasteiger partial charge in [-0.15, -0.1) is 0 Å². The minimum Gasteiger partial charge on any atom is -0.459 e. The third-order valence-electron chi connectivity index (χ3n) is 6.36. The first-order valence-electron chi connectivity index (χ1n) is 10.9. The van der Waals surface area contributed by atoms with Crippen LogP contribution in [0.15, 0.2) is 47.1 Å². The molecule has 0 radical (unpaired) electrons. The fourth-order valence-electron chi connectivity index (χ4n) is 4.57. The Kier molecular flexibility index (Phi) is 5.46. The Bertz CT molecular complexity index is 1010. The van der Waals surface area contributed by atoms with E-state index in [4.69, 9.17) is 4.42 Å². The Morgan fingerprint density at radius 2 is 1.71 bits per heavy atom. The minimum absolute atomic E-state index is 0.0687. The summed E-state index contributed by atoms with van der Waals surface area (Å²) in [6.07, 6.45) is 3.24. The Morgan fingerprint density at radius 3 is 2.42 bits per heavy atom. The SMILES string of the molecule is O=C(c1ccco1)N1CCN(C(=O)C2CCN(Cc3nc4ccccc4[nH]3)CC2)CC1. The van der Waals surface area contributed by atoms with Gasteiger partial charge in [0.1, 0.15) is 5.82 Å². The second kappa shape index (κ2) is 8.55. The summed E-state index contributed by atoms with van der Waals surface area (Å²) >= 11 is 0. The lowest BCUT2D eigenvalue weighted by Gasteiger charge is -2.38. The van der Waals surface area contributed by atoms with Crippen molar-refractivity contribution in [1.29, 1.82) is 0 Å². The molecule has 31 heavy (non-hydrogen) atoms. The normalized spacial score (nSPS) is 18.6. The van der Waals surface area contributed by atoms with E-state index in [1.54, 1.807) is 17.0 Å². The lowest BCUT2D eigenvalue weighted by molar-refractivity contribution is -0.138. The molecule has 3 aromatic rings. The fourth-order valence-corrected chi connectivity index (χ4v) is 4.57. The zero-order valence-corrected chi connectivity index (χ0v) is 17.5. The van der Waals surface area contributed by atoms with Gasteiger partial charge in [0.2, 0.25) is 5.91 Å². The number of carbonyl (C=O) groups is 2. The number of benzene rings is 1. The van der Waals surface area contributed by atoms with Gasteiger partial charge in [0.15, 0.2) is 5.76 Å². The number of rotatable bonds is 4. The highest BCUT2D eigenvalue weighted by atomic mass is 16.3. The van der Waals surface area contributed by atoms with E-state index in [0.29, 0.717) is 31.9 Å². The first-order valence-corrected chi connectivity index (χ1v) is 10.9. The molecule has 0 saturated carbocycles. The van der Waals surface area contributed by atoms with Crippen molar-refractivity contribution in [3.05, 3.63) is 54.2 Å². The zero-order chi connectivity index (χ0) is 21.2. The van der Waals surface area contributed by atoms with Crippen molar-refractivity contribution in [1.82, 2.24) is 24.7 Å². The molecule has 5 rings (SSSR count). The molecule has 2 fully saturated rings. The van der Waals surface area contributed by atoms with Crippen LogP contribution in [0.2, 0.25) is 0 Å². The van der Waals surface area contributed by atoms with Crippen LogP contribution in [0.5, 0.6) is 0 Å². The van der Waals surface area contributed by atoms with E-state index >= 15 is 0 Å². The average Bonchev–Trinajstić information content (AvgIpc) is 3.48. The summed E-state index contributed by atoms with van der Waals surface area (Å²) < 4.78 is 5.20. The quantitative estimate of drug-likeness (QED) is 0.699. The first kappa shape index (κ1) is 19.8. The van der Waals surface area contributed by atoms with Crippen LogP contribution >= 0.6 is 0 Å². The van der Waals surface area contributed by atoms with Crippen molar-refractivity contribution in [3.63, 3.8) is 0 Å². The second-order valence-corrected chi connectivity index (χ2v) is 8.35. The first-order chi connectivity index (χ1) is 15.2. The fraction of sp³-hybridized carbons (Fsp3) is 0.435. The molecule has 2 aromatic heterocycles. The summed E-state index contributed by atoms with van der Waals surface area (Å²) in [5.74, 6) is 1.53. The van der Waals surface area contributed by atoms with Crippen LogP contribution in [0.3, 0.4) is 0 Å². The van der Waals surface area contributed by atoms with E-state index in [-0.39, 0.29) is 17.7 Å². The van der Waals surface area contributed by atoms with Crippen LogP contribution in [-0.4, -0.2) is 75.8 Å². The Balaban J connectivity index is 1.10. The molecule has 0 bridgehead atoms. The van der Waals surface area contributed by atoms with Crippen LogP contribution < -0.4 is 0 Å². The summed E-state index contributed by atoms with van der Waals surface area (Å²) in [7, 11) is 0. The van der Waals surface area contributed by atoms with Crippen LogP contribution in [0.1, 0.15) is 29.2 Å². The smallest absolute Gasteiger partial charge is 0.289 e. The van der Waals surface area contributed by atoms with E-state index in [1.807, 2.05) is 29.2 Å². The number of H-pyrrole nitrogens is 1. The monoisotopic (exact) mass is 421 g/mol. The van der Waals surface area contributed by atoms with Gasteiger partial charge in [0, 0.05) is 32.1 Å². The molecule has 1 N–H and O–H groups in total. The maximum absolute atomic E-state index is 13.0. The molecule has 1 aromatic carbocycles. The third-order valence-corrected chi connectivity index (χ3v) is 6.36. The predicted octanol–water partition coefficient (Wildman–Crippen LogP) is 2.35. The molecule has 8 heteroatoms. The van der Waals surface area contributed by atoms with Crippen molar-refractivity contribution in [2.45, 2.75) is 19.4 Å². The van der Waals surface area contributed by atoms with Crippen LogP contribution in [0.4, 0.5) is 0 Å². The van der Waals surface area contributed by atoms with Gasteiger partial charge in [-0.3, -0.25) is 14.5 Å². The van der Waals surface area contributed by atoms with Gasteiger partial charge < -0.3 is 19.2 Å². The standard InChI is InChI=1S/C23H27N5O3/c29-22(27-11-13-28(14-12-27)23(30)20-6-3-15-31-20)17-7-9-26(10-8-17)16-21-24-18-4-1-2-5-19(18)25-21/h1-6,15,17H,7-14,16H2,(H,24,25). The Hall–Kier alpha value is -3.13. The molecule has 2 amide bonds.